The van der Waals surface area contributed by atoms with E-state index in [2.05, 4.69) is 38.6 Å². The second kappa shape index (κ2) is 11.9. The summed E-state index contributed by atoms with van der Waals surface area (Å²) in [7, 11) is 0. The molecule has 2 rings (SSSR count). The first-order valence-electron chi connectivity index (χ1n) is 11.1. The van der Waals surface area contributed by atoms with Gasteiger partial charge in [-0.05, 0) is 74.1 Å². The second-order valence-electron chi connectivity index (χ2n) is 8.19. The van der Waals surface area contributed by atoms with E-state index >= 15 is 0 Å². The van der Waals surface area contributed by atoms with E-state index in [1.807, 2.05) is 0 Å². The van der Waals surface area contributed by atoms with Crippen molar-refractivity contribution in [2.24, 2.45) is 5.92 Å². The SMILES string of the molecule is C=C(C)C(=O)OCCOc1ccc(C2CCC(CCCCC)CC2)c(CC)c1. The summed E-state index contributed by atoms with van der Waals surface area (Å²) in [6.07, 6.45) is 11.9. The molecule has 1 aliphatic carbocycles. The van der Waals surface area contributed by atoms with Crippen LogP contribution >= 0.6 is 0 Å². The van der Waals surface area contributed by atoms with Crippen LogP contribution in [0.2, 0.25) is 0 Å². The predicted molar refractivity (Wildman–Crippen MR) is 116 cm³/mol. The molecule has 0 amide bonds. The summed E-state index contributed by atoms with van der Waals surface area (Å²) in [5, 5.41) is 0. The Hall–Kier alpha value is -1.77. The van der Waals surface area contributed by atoms with Gasteiger partial charge in [0.25, 0.3) is 0 Å². The van der Waals surface area contributed by atoms with Crippen LogP contribution in [0, 0.1) is 5.92 Å². The summed E-state index contributed by atoms with van der Waals surface area (Å²) >= 11 is 0. The molecule has 0 unspecified atom stereocenters. The summed E-state index contributed by atoms with van der Waals surface area (Å²) in [6, 6.07) is 6.50. The van der Waals surface area contributed by atoms with Gasteiger partial charge in [0.1, 0.15) is 19.0 Å². The van der Waals surface area contributed by atoms with Crippen molar-refractivity contribution in [2.45, 2.75) is 84.5 Å². The molecule has 1 aliphatic rings. The fourth-order valence-electron chi connectivity index (χ4n) is 4.24. The maximum absolute atomic E-state index is 11.4. The average molecular weight is 387 g/mol. The third-order valence-electron chi connectivity index (χ3n) is 5.93. The lowest BCUT2D eigenvalue weighted by Crippen LogP contribution is -2.15. The molecular weight excluding hydrogens is 348 g/mol. The smallest absolute Gasteiger partial charge is 0.333 e. The van der Waals surface area contributed by atoms with E-state index in [1.54, 1.807) is 6.92 Å². The number of aryl methyl sites for hydroxylation is 1. The topological polar surface area (TPSA) is 35.5 Å². The molecule has 1 aromatic rings. The van der Waals surface area contributed by atoms with Crippen molar-refractivity contribution < 1.29 is 14.3 Å². The van der Waals surface area contributed by atoms with Gasteiger partial charge in [0.05, 0.1) is 0 Å². The molecule has 0 aliphatic heterocycles. The highest BCUT2D eigenvalue weighted by Gasteiger charge is 2.23. The van der Waals surface area contributed by atoms with Crippen molar-refractivity contribution in [3.05, 3.63) is 41.5 Å². The average Bonchev–Trinajstić information content (AvgIpc) is 2.71. The molecule has 3 nitrogen and oxygen atoms in total. The Labute approximate surface area is 171 Å². The molecule has 0 radical (unpaired) electrons. The van der Waals surface area contributed by atoms with Gasteiger partial charge in [0.2, 0.25) is 0 Å². The third kappa shape index (κ3) is 7.00. The molecule has 0 bridgehead atoms. The van der Waals surface area contributed by atoms with Crippen LogP contribution in [0.15, 0.2) is 30.4 Å². The van der Waals surface area contributed by atoms with Gasteiger partial charge in [0, 0.05) is 5.57 Å². The van der Waals surface area contributed by atoms with Crippen molar-refractivity contribution in [2.75, 3.05) is 13.2 Å². The highest BCUT2D eigenvalue weighted by atomic mass is 16.6. The molecule has 0 atom stereocenters. The predicted octanol–water partition coefficient (Wildman–Crippen LogP) is 6.60. The van der Waals surface area contributed by atoms with Gasteiger partial charge in [-0.15, -0.1) is 0 Å². The Morgan fingerprint density at radius 3 is 2.50 bits per heavy atom. The van der Waals surface area contributed by atoms with Gasteiger partial charge >= 0.3 is 5.97 Å². The minimum absolute atomic E-state index is 0.247. The Morgan fingerprint density at radius 1 is 1.11 bits per heavy atom. The van der Waals surface area contributed by atoms with Crippen molar-refractivity contribution >= 4 is 5.97 Å². The largest absolute Gasteiger partial charge is 0.490 e. The zero-order chi connectivity index (χ0) is 20.4. The van der Waals surface area contributed by atoms with E-state index in [9.17, 15) is 4.79 Å². The minimum atomic E-state index is -0.363. The Kier molecular flexibility index (Phi) is 9.60. The molecule has 0 spiro atoms. The number of esters is 1. The first-order valence-corrected chi connectivity index (χ1v) is 11.1. The van der Waals surface area contributed by atoms with Crippen molar-refractivity contribution in [1.82, 2.24) is 0 Å². The van der Waals surface area contributed by atoms with E-state index in [1.165, 1.54) is 62.5 Å². The van der Waals surface area contributed by atoms with Gasteiger partial charge in [-0.3, -0.25) is 0 Å². The van der Waals surface area contributed by atoms with Crippen molar-refractivity contribution in [3.8, 4) is 5.75 Å². The lowest BCUT2D eigenvalue weighted by atomic mass is 9.75. The van der Waals surface area contributed by atoms with Crippen LogP contribution in [0.5, 0.6) is 5.75 Å². The van der Waals surface area contributed by atoms with Crippen LogP contribution in [0.3, 0.4) is 0 Å². The normalized spacial score (nSPS) is 19.2. The molecule has 156 valence electrons. The zero-order valence-electron chi connectivity index (χ0n) is 18.1. The quantitative estimate of drug-likeness (QED) is 0.244. The third-order valence-corrected chi connectivity index (χ3v) is 5.93. The van der Waals surface area contributed by atoms with E-state index in [4.69, 9.17) is 9.47 Å². The Balaban J connectivity index is 1.84. The van der Waals surface area contributed by atoms with E-state index in [0.29, 0.717) is 18.1 Å². The highest BCUT2D eigenvalue weighted by molar-refractivity contribution is 5.86. The minimum Gasteiger partial charge on any atom is -0.490 e. The van der Waals surface area contributed by atoms with Gasteiger partial charge in [-0.1, -0.05) is 52.2 Å². The van der Waals surface area contributed by atoms with Crippen LogP contribution in [-0.4, -0.2) is 19.2 Å². The molecule has 1 fully saturated rings. The zero-order valence-corrected chi connectivity index (χ0v) is 18.1. The molecule has 1 saturated carbocycles. The monoisotopic (exact) mass is 386 g/mol. The summed E-state index contributed by atoms with van der Waals surface area (Å²) in [4.78, 5) is 11.4. The Morgan fingerprint density at radius 2 is 1.86 bits per heavy atom. The number of carbonyl (C=O) groups excluding carboxylic acids is 1. The first kappa shape index (κ1) is 22.5. The maximum Gasteiger partial charge on any atom is 0.333 e. The molecule has 0 heterocycles. The van der Waals surface area contributed by atoms with Gasteiger partial charge < -0.3 is 9.47 Å². The molecular formula is C25H38O3. The fraction of sp³-hybridized carbons (Fsp3) is 0.640. The molecule has 0 aromatic heterocycles. The van der Waals surface area contributed by atoms with Crippen LogP contribution in [0.25, 0.3) is 0 Å². The lowest BCUT2D eigenvalue weighted by molar-refractivity contribution is -0.139. The van der Waals surface area contributed by atoms with Crippen LogP contribution in [0.1, 0.15) is 89.2 Å². The highest BCUT2D eigenvalue weighted by Crippen LogP contribution is 2.39. The molecule has 0 N–H and O–H groups in total. The van der Waals surface area contributed by atoms with Gasteiger partial charge in [0.15, 0.2) is 0 Å². The van der Waals surface area contributed by atoms with Crippen molar-refractivity contribution in [1.29, 1.82) is 0 Å². The second-order valence-corrected chi connectivity index (χ2v) is 8.19. The van der Waals surface area contributed by atoms with Gasteiger partial charge in [-0.25, -0.2) is 4.79 Å². The summed E-state index contributed by atoms with van der Waals surface area (Å²) in [5.74, 6) is 2.14. The lowest BCUT2D eigenvalue weighted by Gasteiger charge is -2.30. The van der Waals surface area contributed by atoms with Crippen LogP contribution in [-0.2, 0) is 16.0 Å². The fourth-order valence-corrected chi connectivity index (χ4v) is 4.24. The summed E-state index contributed by atoms with van der Waals surface area (Å²) in [6.45, 7) is 10.3. The van der Waals surface area contributed by atoms with E-state index < -0.39 is 0 Å². The number of unbranched alkanes of at least 4 members (excludes halogenated alkanes) is 2. The number of benzene rings is 1. The van der Waals surface area contributed by atoms with Gasteiger partial charge in [-0.2, -0.15) is 0 Å². The maximum atomic E-state index is 11.4. The number of rotatable bonds is 11. The van der Waals surface area contributed by atoms with E-state index in [0.717, 1.165) is 18.1 Å². The number of carbonyl (C=O) groups is 1. The summed E-state index contributed by atoms with van der Waals surface area (Å²) < 4.78 is 10.9. The van der Waals surface area contributed by atoms with Crippen molar-refractivity contribution in [3.63, 3.8) is 0 Å². The first-order chi connectivity index (χ1) is 13.5. The summed E-state index contributed by atoms with van der Waals surface area (Å²) in [5.41, 5.74) is 3.32. The van der Waals surface area contributed by atoms with E-state index in [-0.39, 0.29) is 12.6 Å². The molecule has 3 heteroatoms. The standard InChI is InChI=1S/C25H38O3/c1-5-7-8-9-20-10-12-22(13-11-20)24-15-14-23(18-21(24)6-2)27-16-17-28-25(26)19(3)4/h14-15,18,20,22H,3,5-13,16-17H2,1-2,4H3. The molecule has 1 aromatic carbocycles. The number of hydrogen-bond acceptors (Lipinski definition) is 3. The number of hydrogen-bond donors (Lipinski definition) is 0. The molecule has 28 heavy (non-hydrogen) atoms. The molecule has 0 saturated heterocycles. The van der Waals surface area contributed by atoms with Crippen LogP contribution < -0.4 is 4.74 Å². The van der Waals surface area contributed by atoms with Crippen LogP contribution in [0.4, 0.5) is 0 Å². The number of ether oxygens (including phenoxy) is 2. The Bertz CT molecular complexity index is 627.